The zero-order chi connectivity index (χ0) is 15.6. The minimum atomic E-state index is -1.28. The largest absolute Gasteiger partial charge is 0.326 e. The summed E-state index contributed by atoms with van der Waals surface area (Å²) in [5, 5.41) is 11.3. The third-order valence-electron chi connectivity index (χ3n) is 3.18. The number of rotatable bonds is 2. The Hall–Kier alpha value is -2.49. The molecule has 0 aliphatic carbocycles. The molecule has 2 rings (SSSR count). The van der Waals surface area contributed by atoms with Crippen LogP contribution in [0.4, 0.5) is 14.5 Å². The molecule has 110 valence electrons. The predicted molar refractivity (Wildman–Crippen MR) is 70.7 cm³/mol. The normalized spacial score (nSPS) is 21.0. The van der Waals surface area contributed by atoms with E-state index in [1.54, 1.807) is 0 Å². The summed E-state index contributed by atoms with van der Waals surface area (Å²) in [5.74, 6) is -1.92. The highest BCUT2D eigenvalue weighted by molar-refractivity contribution is 5.96. The summed E-state index contributed by atoms with van der Waals surface area (Å²) < 4.78 is 27.3. The molecule has 1 saturated heterocycles. The van der Waals surface area contributed by atoms with E-state index in [-0.39, 0.29) is 30.1 Å². The van der Waals surface area contributed by atoms with Gasteiger partial charge in [-0.2, -0.15) is 5.26 Å². The molecular weight excluding hydrogens is 280 g/mol. The van der Waals surface area contributed by atoms with Crippen molar-refractivity contribution in [2.45, 2.75) is 25.6 Å². The number of nitriles is 1. The summed E-state index contributed by atoms with van der Waals surface area (Å²) in [6, 6.07) is 4.55. The van der Waals surface area contributed by atoms with Gasteiger partial charge in [0, 0.05) is 19.0 Å². The van der Waals surface area contributed by atoms with Crippen LogP contribution >= 0.6 is 0 Å². The van der Waals surface area contributed by atoms with Crippen molar-refractivity contribution in [3.63, 3.8) is 0 Å². The predicted octanol–water partition coefficient (Wildman–Crippen LogP) is 1.86. The average molecular weight is 293 g/mol. The van der Waals surface area contributed by atoms with E-state index in [9.17, 15) is 18.4 Å². The summed E-state index contributed by atoms with van der Waals surface area (Å²) in [5.41, 5.74) is -0.0309. The fourth-order valence-electron chi connectivity index (χ4n) is 2.26. The van der Waals surface area contributed by atoms with E-state index >= 15 is 0 Å². The monoisotopic (exact) mass is 293 g/mol. The second-order valence-corrected chi connectivity index (χ2v) is 4.81. The topological polar surface area (TPSA) is 73.2 Å². The lowest BCUT2D eigenvalue weighted by Crippen LogP contribution is -2.35. The number of amides is 2. The van der Waals surface area contributed by atoms with Gasteiger partial charge in [0.05, 0.1) is 18.2 Å². The molecule has 5 nitrogen and oxygen atoms in total. The molecule has 1 aromatic rings. The maximum atomic E-state index is 14.0. The van der Waals surface area contributed by atoms with Crippen molar-refractivity contribution in [1.82, 2.24) is 4.90 Å². The first-order chi connectivity index (χ1) is 9.92. The fraction of sp³-hybridized carbons (Fsp3) is 0.357. The van der Waals surface area contributed by atoms with E-state index in [0.29, 0.717) is 0 Å². The fourth-order valence-corrected chi connectivity index (χ4v) is 2.26. The maximum absolute atomic E-state index is 14.0. The standard InChI is InChI=1S/C14H13F2N3O2/c1-8(20)18-10-2-3-12(13(16)5-10)14(21)19-7-9(15)4-11(19)6-17/h2-3,5,9,11H,4,7H2,1H3,(H,18,20)/t9-,11-/m0/s1. The minimum Gasteiger partial charge on any atom is -0.326 e. The Labute approximate surface area is 120 Å². The van der Waals surface area contributed by atoms with Gasteiger partial charge in [0.15, 0.2) is 0 Å². The molecular formula is C14H13F2N3O2. The Balaban J connectivity index is 2.24. The van der Waals surface area contributed by atoms with Gasteiger partial charge in [-0.05, 0) is 18.2 Å². The van der Waals surface area contributed by atoms with Gasteiger partial charge in [-0.15, -0.1) is 0 Å². The van der Waals surface area contributed by atoms with Crippen LogP contribution in [-0.4, -0.2) is 35.5 Å². The summed E-state index contributed by atoms with van der Waals surface area (Å²) >= 11 is 0. The highest BCUT2D eigenvalue weighted by atomic mass is 19.1. The van der Waals surface area contributed by atoms with E-state index in [1.807, 2.05) is 6.07 Å². The molecule has 2 amide bonds. The third-order valence-corrected chi connectivity index (χ3v) is 3.18. The van der Waals surface area contributed by atoms with E-state index in [0.717, 1.165) is 11.0 Å². The second kappa shape index (κ2) is 5.87. The van der Waals surface area contributed by atoms with Crippen molar-refractivity contribution in [3.8, 4) is 6.07 Å². The van der Waals surface area contributed by atoms with Crippen molar-refractivity contribution in [2.75, 3.05) is 11.9 Å². The molecule has 1 fully saturated rings. The van der Waals surface area contributed by atoms with Gasteiger partial charge in [-0.1, -0.05) is 0 Å². The van der Waals surface area contributed by atoms with E-state index < -0.39 is 23.9 Å². The van der Waals surface area contributed by atoms with Crippen molar-refractivity contribution < 1.29 is 18.4 Å². The number of benzene rings is 1. The molecule has 0 saturated carbocycles. The van der Waals surface area contributed by atoms with E-state index in [1.165, 1.54) is 19.1 Å². The molecule has 7 heteroatoms. The van der Waals surface area contributed by atoms with Gasteiger partial charge in [0.1, 0.15) is 18.0 Å². The smallest absolute Gasteiger partial charge is 0.258 e. The van der Waals surface area contributed by atoms with Gasteiger partial charge in [-0.3, -0.25) is 9.59 Å². The van der Waals surface area contributed by atoms with Crippen molar-refractivity contribution >= 4 is 17.5 Å². The number of carbonyl (C=O) groups excluding carboxylic acids is 2. The Morgan fingerprint density at radius 1 is 1.48 bits per heavy atom. The van der Waals surface area contributed by atoms with Gasteiger partial charge in [0.25, 0.3) is 5.91 Å². The lowest BCUT2D eigenvalue weighted by Gasteiger charge is -2.19. The van der Waals surface area contributed by atoms with Gasteiger partial charge < -0.3 is 10.2 Å². The molecule has 2 atom stereocenters. The lowest BCUT2D eigenvalue weighted by molar-refractivity contribution is -0.114. The van der Waals surface area contributed by atoms with Crippen LogP contribution in [0.2, 0.25) is 0 Å². The first-order valence-electron chi connectivity index (χ1n) is 6.34. The highest BCUT2D eigenvalue weighted by Gasteiger charge is 2.36. The van der Waals surface area contributed by atoms with Gasteiger partial charge >= 0.3 is 0 Å². The Morgan fingerprint density at radius 2 is 2.19 bits per heavy atom. The number of nitrogens with one attached hydrogen (secondary N) is 1. The van der Waals surface area contributed by atoms with Gasteiger partial charge in [0.2, 0.25) is 5.91 Å². The van der Waals surface area contributed by atoms with Crippen molar-refractivity contribution in [3.05, 3.63) is 29.6 Å². The summed E-state index contributed by atoms with van der Waals surface area (Å²) in [4.78, 5) is 24.1. The second-order valence-electron chi connectivity index (χ2n) is 4.81. The van der Waals surface area contributed by atoms with Crippen LogP contribution in [0.25, 0.3) is 0 Å². The molecule has 1 N–H and O–H groups in total. The quantitative estimate of drug-likeness (QED) is 0.904. The molecule has 0 spiro atoms. The molecule has 0 aromatic heterocycles. The first kappa shape index (κ1) is 14.9. The Kier molecular flexibility index (Phi) is 4.17. The van der Waals surface area contributed by atoms with Crippen LogP contribution in [0.15, 0.2) is 18.2 Å². The average Bonchev–Trinajstić information content (AvgIpc) is 2.78. The van der Waals surface area contributed by atoms with Crippen LogP contribution in [0, 0.1) is 17.1 Å². The molecule has 0 bridgehead atoms. The number of anilines is 1. The number of likely N-dealkylation sites (tertiary alicyclic amines) is 1. The minimum absolute atomic E-state index is 0.0617. The van der Waals surface area contributed by atoms with Crippen LogP contribution in [0.5, 0.6) is 0 Å². The number of alkyl halides is 1. The van der Waals surface area contributed by atoms with Crippen molar-refractivity contribution in [1.29, 1.82) is 5.26 Å². The highest BCUT2D eigenvalue weighted by Crippen LogP contribution is 2.24. The van der Waals surface area contributed by atoms with Crippen LogP contribution < -0.4 is 5.32 Å². The summed E-state index contributed by atoms with van der Waals surface area (Å²) in [7, 11) is 0. The van der Waals surface area contributed by atoms with E-state index in [4.69, 9.17) is 5.26 Å². The lowest BCUT2D eigenvalue weighted by atomic mass is 10.1. The number of halogens is 2. The molecule has 0 radical (unpaired) electrons. The van der Waals surface area contributed by atoms with Crippen molar-refractivity contribution in [2.24, 2.45) is 0 Å². The SMILES string of the molecule is CC(=O)Nc1ccc(C(=O)N2C[C@@H](F)C[C@H]2C#N)c(F)c1. The zero-order valence-corrected chi connectivity index (χ0v) is 11.3. The van der Waals surface area contributed by atoms with Crippen LogP contribution in [0.1, 0.15) is 23.7 Å². The molecule has 1 aliphatic rings. The zero-order valence-electron chi connectivity index (χ0n) is 11.3. The molecule has 1 heterocycles. The van der Waals surface area contributed by atoms with E-state index in [2.05, 4.69) is 5.32 Å². The number of hydrogen-bond acceptors (Lipinski definition) is 3. The molecule has 0 unspecified atom stereocenters. The number of carbonyl (C=O) groups is 2. The van der Waals surface area contributed by atoms with Crippen LogP contribution in [-0.2, 0) is 4.79 Å². The summed E-state index contributed by atoms with van der Waals surface area (Å²) in [6.07, 6.45) is -1.34. The molecule has 1 aromatic carbocycles. The van der Waals surface area contributed by atoms with Crippen LogP contribution in [0.3, 0.4) is 0 Å². The van der Waals surface area contributed by atoms with Gasteiger partial charge in [-0.25, -0.2) is 8.78 Å². The number of nitrogens with zero attached hydrogens (tertiary/aromatic N) is 2. The molecule has 21 heavy (non-hydrogen) atoms. The maximum Gasteiger partial charge on any atom is 0.258 e. The Bertz CT molecular complexity index is 627. The third kappa shape index (κ3) is 3.16. The molecule has 1 aliphatic heterocycles. The summed E-state index contributed by atoms with van der Waals surface area (Å²) in [6.45, 7) is 1.06. The number of hydrogen-bond donors (Lipinski definition) is 1. The Morgan fingerprint density at radius 3 is 2.76 bits per heavy atom. The first-order valence-corrected chi connectivity index (χ1v) is 6.34.